The summed E-state index contributed by atoms with van der Waals surface area (Å²) in [6.07, 6.45) is 0. The predicted octanol–water partition coefficient (Wildman–Crippen LogP) is 4.10. The number of amides is 1. The third-order valence-corrected chi connectivity index (χ3v) is 5.52. The van der Waals surface area contributed by atoms with E-state index in [1.807, 2.05) is 18.2 Å². The van der Waals surface area contributed by atoms with E-state index in [2.05, 4.69) is 27.6 Å². The summed E-state index contributed by atoms with van der Waals surface area (Å²) in [7, 11) is 3.08. The Morgan fingerprint density at radius 1 is 1.08 bits per heavy atom. The molecule has 1 aromatic heterocycles. The first-order valence-electron chi connectivity index (χ1n) is 7.73. The highest BCUT2D eigenvalue weighted by atomic mass is 32.2. The number of nitrogens with zero attached hydrogens (tertiary/aromatic N) is 2. The van der Waals surface area contributed by atoms with Crippen molar-refractivity contribution in [1.82, 2.24) is 10.2 Å². The van der Waals surface area contributed by atoms with Crippen LogP contribution >= 0.6 is 23.1 Å². The van der Waals surface area contributed by atoms with Crippen molar-refractivity contribution in [3.8, 4) is 11.5 Å². The molecule has 3 aromatic rings. The van der Waals surface area contributed by atoms with Gasteiger partial charge in [-0.3, -0.25) is 10.1 Å². The number of thioether (sulfide) groups is 1. The highest BCUT2D eigenvalue weighted by Gasteiger charge is 2.13. The third kappa shape index (κ3) is 4.53. The summed E-state index contributed by atoms with van der Waals surface area (Å²) in [5, 5.41) is 11.4. The molecule has 134 valence electrons. The normalized spacial score (nSPS) is 10.4. The van der Waals surface area contributed by atoms with Gasteiger partial charge in [-0.15, -0.1) is 10.2 Å². The molecule has 3 rings (SSSR count). The van der Waals surface area contributed by atoms with Crippen LogP contribution in [0, 0.1) is 0 Å². The number of methoxy groups -OCH3 is 2. The second-order valence-electron chi connectivity index (χ2n) is 5.17. The van der Waals surface area contributed by atoms with Crippen LogP contribution in [0.5, 0.6) is 11.5 Å². The number of nitrogens with one attached hydrogen (secondary N) is 1. The van der Waals surface area contributed by atoms with Crippen molar-refractivity contribution in [1.29, 1.82) is 0 Å². The van der Waals surface area contributed by atoms with Crippen LogP contribution in [0.15, 0.2) is 52.9 Å². The molecule has 2 aromatic carbocycles. The largest absolute Gasteiger partial charge is 0.493 e. The van der Waals surface area contributed by atoms with Crippen LogP contribution in [-0.4, -0.2) is 30.3 Å². The van der Waals surface area contributed by atoms with Crippen molar-refractivity contribution >= 4 is 34.1 Å². The number of carbonyl (C=O) groups is 1. The number of anilines is 1. The average molecular weight is 387 g/mol. The van der Waals surface area contributed by atoms with E-state index in [0.29, 0.717) is 22.2 Å². The fourth-order valence-corrected chi connectivity index (χ4v) is 3.89. The van der Waals surface area contributed by atoms with Crippen molar-refractivity contribution in [2.75, 3.05) is 19.5 Å². The fourth-order valence-electron chi connectivity index (χ4n) is 2.18. The van der Waals surface area contributed by atoms with Gasteiger partial charge >= 0.3 is 0 Å². The summed E-state index contributed by atoms with van der Waals surface area (Å²) in [5.74, 6) is 1.59. The van der Waals surface area contributed by atoms with Crippen molar-refractivity contribution in [3.63, 3.8) is 0 Å². The monoisotopic (exact) mass is 387 g/mol. The van der Waals surface area contributed by atoms with Gasteiger partial charge in [0, 0.05) is 11.3 Å². The Morgan fingerprint density at radius 2 is 1.85 bits per heavy atom. The van der Waals surface area contributed by atoms with Crippen molar-refractivity contribution in [2.24, 2.45) is 0 Å². The highest BCUT2D eigenvalue weighted by Crippen LogP contribution is 2.30. The number of hydrogen-bond donors (Lipinski definition) is 1. The summed E-state index contributed by atoms with van der Waals surface area (Å²) in [6.45, 7) is 0. The molecule has 26 heavy (non-hydrogen) atoms. The highest BCUT2D eigenvalue weighted by molar-refractivity contribution is 8.00. The van der Waals surface area contributed by atoms with E-state index in [9.17, 15) is 4.79 Å². The van der Waals surface area contributed by atoms with E-state index >= 15 is 0 Å². The smallest absolute Gasteiger partial charge is 0.257 e. The van der Waals surface area contributed by atoms with Gasteiger partial charge in [-0.05, 0) is 23.8 Å². The van der Waals surface area contributed by atoms with Gasteiger partial charge in [0.2, 0.25) is 5.13 Å². The van der Waals surface area contributed by atoms with E-state index in [1.54, 1.807) is 37.1 Å². The Balaban J connectivity index is 1.62. The van der Waals surface area contributed by atoms with Crippen LogP contribution in [-0.2, 0) is 5.75 Å². The molecule has 0 saturated carbocycles. The number of rotatable bonds is 7. The van der Waals surface area contributed by atoms with Gasteiger partial charge in [0.25, 0.3) is 5.91 Å². The zero-order valence-electron chi connectivity index (χ0n) is 14.3. The Labute approximate surface area is 159 Å². The number of carbonyl (C=O) groups excluding carboxylic acids is 1. The first-order valence-corrected chi connectivity index (χ1v) is 9.53. The molecule has 0 saturated heterocycles. The number of aromatic nitrogens is 2. The number of ether oxygens (including phenoxy) is 2. The van der Waals surface area contributed by atoms with Crippen molar-refractivity contribution in [2.45, 2.75) is 10.1 Å². The molecule has 0 spiro atoms. The predicted molar refractivity (Wildman–Crippen MR) is 103 cm³/mol. The molecule has 0 unspecified atom stereocenters. The van der Waals surface area contributed by atoms with Crippen LogP contribution in [0.1, 0.15) is 15.9 Å². The summed E-state index contributed by atoms with van der Waals surface area (Å²) in [5.41, 5.74) is 1.67. The SMILES string of the molecule is COc1ccc(C(=O)Nc2nnc(SCc3ccccc3)s2)cc1OC. The molecule has 0 aliphatic rings. The van der Waals surface area contributed by atoms with Gasteiger partial charge in [-0.25, -0.2) is 0 Å². The van der Waals surface area contributed by atoms with Crippen molar-refractivity contribution < 1.29 is 14.3 Å². The van der Waals surface area contributed by atoms with E-state index in [4.69, 9.17) is 9.47 Å². The zero-order valence-corrected chi connectivity index (χ0v) is 15.9. The first-order chi connectivity index (χ1) is 12.7. The topological polar surface area (TPSA) is 73.3 Å². The molecule has 0 aliphatic carbocycles. The van der Waals surface area contributed by atoms with Crippen LogP contribution < -0.4 is 14.8 Å². The molecule has 0 fully saturated rings. The Bertz CT molecular complexity index is 884. The van der Waals surface area contributed by atoms with E-state index in [-0.39, 0.29) is 5.91 Å². The number of benzene rings is 2. The lowest BCUT2D eigenvalue weighted by atomic mass is 10.2. The standard InChI is InChI=1S/C18H17N3O3S2/c1-23-14-9-8-13(10-15(14)24-2)16(22)19-17-20-21-18(26-17)25-11-12-6-4-3-5-7-12/h3-10H,11H2,1-2H3,(H,19,20,22). The molecule has 0 radical (unpaired) electrons. The molecule has 0 aliphatic heterocycles. The van der Waals surface area contributed by atoms with Crippen molar-refractivity contribution in [3.05, 3.63) is 59.7 Å². The lowest BCUT2D eigenvalue weighted by molar-refractivity contribution is 0.102. The third-order valence-electron chi connectivity index (χ3n) is 3.48. The molecule has 0 bridgehead atoms. The molecule has 1 N–H and O–H groups in total. The second kappa shape index (κ2) is 8.68. The maximum absolute atomic E-state index is 12.4. The van der Waals surface area contributed by atoms with Crippen LogP contribution in [0.2, 0.25) is 0 Å². The lowest BCUT2D eigenvalue weighted by Crippen LogP contribution is -2.11. The molecular formula is C18H17N3O3S2. The Morgan fingerprint density at radius 3 is 2.58 bits per heavy atom. The van der Waals surface area contributed by atoms with E-state index < -0.39 is 0 Å². The van der Waals surface area contributed by atoms with Gasteiger partial charge < -0.3 is 9.47 Å². The summed E-state index contributed by atoms with van der Waals surface area (Å²) >= 11 is 2.93. The quantitative estimate of drug-likeness (QED) is 0.486. The van der Waals surface area contributed by atoms with Gasteiger partial charge in [0.15, 0.2) is 15.8 Å². The molecule has 0 atom stereocenters. The van der Waals surface area contributed by atoms with E-state index in [0.717, 1.165) is 10.1 Å². The average Bonchev–Trinajstić information content (AvgIpc) is 3.13. The maximum atomic E-state index is 12.4. The Hall–Kier alpha value is -2.58. The van der Waals surface area contributed by atoms with Gasteiger partial charge in [-0.1, -0.05) is 53.4 Å². The second-order valence-corrected chi connectivity index (χ2v) is 7.37. The molecule has 6 nitrogen and oxygen atoms in total. The summed E-state index contributed by atoms with van der Waals surface area (Å²) in [6, 6.07) is 15.1. The van der Waals surface area contributed by atoms with E-state index in [1.165, 1.54) is 24.0 Å². The molecule has 8 heteroatoms. The Kier molecular flexibility index (Phi) is 6.08. The zero-order chi connectivity index (χ0) is 18.4. The van der Waals surface area contributed by atoms with Crippen LogP contribution in [0.25, 0.3) is 0 Å². The first kappa shape index (κ1) is 18.2. The lowest BCUT2D eigenvalue weighted by Gasteiger charge is -2.08. The minimum atomic E-state index is -0.276. The maximum Gasteiger partial charge on any atom is 0.257 e. The summed E-state index contributed by atoms with van der Waals surface area (Å²) < 4.78 is 11.2. The minimum Gasteiger partial charge on any atom is -0.493 e. The molecule has 1 amide bonds. The molecular weight excluding hydrogens is 370 g/mol. The van der Waals surface area contributed by atoms with Gasteiger partial charge in [0.1, 0.15) is 0 Å². The van der Waals surface area contributed by atoms with Gasteiger partial charge in [0.05, 0.1) is 14.2 Å². The summed E-state index contributed by atoms with van der Waals surface area (Å²) in [4.78, 5) is 12.4. The minimum absolute atomic E-state index is 0.276. The van der Waals surface area contributed by atoms with Gasteiger partial charge in [-0.2, -0.15) is 0 Å². The fraction of sp³-hybridized carbons (Fsp3) is 0.167. The molecule has 1 heterocycles. The van der Waals surface area contributed by atoms with Crippen LogP contribution in [0.3, 0.4) is 0 Å². The number of hydrogen-bond acceptors (Lipinski definition) is 7. The van der Waals surface area contributed by atoms with Crippen LogP contribution in [0.4, 0.5) is 5.13 Å².